The second-order valence-electron chi connectivity index (χ2n) is 12.5. The van der Waals surface area contributed by atoms with E-state index in [0.29, 0.717) is 48.4 Å². The molecular weight excluding hydrogens is 440 g/mol. The molecule has 6 bridgehead atoms. The first-order valence-electron chi connectivity index (χ1n) is 14.0. The summed E-state index contributed by atoms with van der Waals surface area (Å²) in [6, 6.07) is 8.52. The average Bonchev–Trinajstić information content (AvgIpc) is 3.04. The molecule has 2 aliphatic heterocycles. The molecule has 1 aromatic carbocycles. The SMILES string of the molecule is COc1ccccc1OCC(O)CN1C2CCC1CC(CC(=O)NC13CC4CC(CC(C4)C1)C3)C2. The number of carbonyl (C=O) groups is 1. The predicted octanol–water partition coefficient (Wildman–Crippen LogP) is 4.15. The molecule has 1 amide bonds. The van der Waals surface area contributed by atoms with Crippen LogP contribution in [-0.2, 0) is 4.79 Å². The Labute approximate surface area is 209 Å². The summed E-state index contributed by atoms with van der Waals surface area (Å²) in [7, 11) is 1.63. The van der Waals surface area contributed by atoms with E-state index >= 15 is 0 Å². The Morgan fingerprint density at radius 1 is 1.03 bits per heavy atom. The molecular formula is C29H42N2O4. The first-order chi connectivity index (χ1) is 17.0. The maximum absolute atomic E-state index is 13.2. The van der Waals surface area contributed by atoms with E-state index in [1.54, 1.807) is 7.11 Å². The number of ether oxygens (including phenoxy) is 2. The van der Waals surface area contributed by atoms with Gasteiger partial charge in [0.1, 0.15) is 12.7 Å². The number of hydrogen-bond acceptors (Lipinski definition) is 5. The van der Waals surface area contributed by atoms with Crippen LogP contribution in [-0.4, -0.2) is 59.9 Å². The van der Waals surface area contributed by atoms with E-state index in [0.717, 1.165) is 30.6 Å². The molecule has 0 aromatic heterocycles. The molecule has 7 rings (SSSR count). The number of amides is 1. The lowest BCUT2D eigenvalue weighted by molar-refractivity contribution is -0.128. The fourth-order valence-electron chi connectivity index (χ4n) is 8.94. The second kappa shape index (κ2) is 9.59. The van der Waals surface area contributed by atoms with Crippen LogP contribution in [0.2, 0.25) is 0 Å². The summed E-state index contributed by atoms with van der Waals surface area (Å²) in [5.41, 5.74) is 0.122. The minimum absolute atomic E-state index is 0.122. The zero-order chi connectivity index (χ0) is 24.0. The zero-order valence-corrected chi connectivity index (χ0v) is 21.2. The largest absolute Gasteiger partial charge is 0.493 e. The van der Waals surface area contributed by atoms with Gasteiger partial charge in [0.05, 0.1) is 7.11 Å². The smallest absolute Gasteiger partial charge is 0.220 e. The minimum Gasteiger partial charge on any atom is -0.493 e. The number of methoxy groups -OCH3 is 1. The zero-order valence-electron chi connectivity index (χ0n) is 21.2. The van der Waals surface area contributed by atoms with Crippen LogP contribution in [0.25, 0.3) is 0 Å². The Balaban J connectivity index is 0.985. The number of benzene rings is 1. The quantitative estimate of drug-likeness (QED) is 0.553. The van der Waals surface area contributed by atoms with Gasteiger partial charge < -0.3 is 19.9 Å². The van der Waals surface area contributed by atoms with E-state index in [9.17, 15) is 9.90 Å². The molecule has 2 N–H and O–H groups in total. The lowest BCUT2D eigenvalue weighted by atomic mass is 9.53. The summed E-state index contributed by atoms with van der Waals surface area (Å²) in [5.74, 6) is 4.71. The second-order valence-corrected chi connectivity index (χ2v) is 12.5. The van der Waals surface area contributed by atoms with Gasteiger partial charge in [-0.3, -0.25) is 9.69 Å². The van der Waals surface area contributed by atoms with Crippen LogP contribution in [0.4, 0.5) is 0 Å². The van der Waals surface area contributed by atoms with Crippen LogP contribution >= 0.6 is 0 Å². The Hall–Kier alpha value is -1.79. The summed E-state index contributed by atoms with van der Waals surface area (Å²) in [4.78, 5) is 15.7. The third-order valence-corrected chi connectivity index (χ3v) is 9.82. The number of rotatable bonds is 9. The van der Waals surface area contributed by atoms with Gasteiger partial charge in [0.15, 0.2) is 11.5 Å². The molecule has 4 aliphatic carbocycles. The van der Waals surface area contributed by atoms with Gasteiger partial charge in [-0.2, -0.15) is 0 Å². The van der Waals surface area contributed by atoms with Crippen molar-refractivity contribution in [2.75, 3.05) is 20.3 Å². The molecule has 35 heavy (non-hydrogen) atoms. The predicted molar refractivity (Wildman–Crippen MR) is 134 cm³/mol. The van der Waals surface area contributed by atoms with E-state index in [2.05, 4.69) is 10.2 Å². The van der Waals surface area contributed by atoms with E-state index in [1.165, 1.54) is 51.4 Å². The molecule has 2 saturated heterocycles. The van der Waals surface area contributed by atoms with Crippen LogP contribution in [0.3, 0.4) is 0 Å². The molecule has 0 radical (unpaired) electrons. The van der Waals surface area contributed by atoms with Gasteiger partial charge in [0, 0.05) is 30.6 Å². The van der Waals surface area contributed by atoms with Crippen molar-refractivity contribution in [3.8, 4) is 11.5 Å². The molecule has 6 heteroatoms. The van der Waals surface area contributed by atoms with Gasteiger partial charge in [0.2, 0.25) is 5.91 Å². The van der Waals surface area contributed by atoms with Gasteiger partial charge in [-0.15, -0.1) is 0 Å². The third-order valence-electron chi connectivity index (χ3n) is 9.82. The van der Waals surface area contributed by atoms with E-state index in [4.69, 9.17) is 9.47 Å². The first-order valence-corrected chi connectivity index (χ1v) is 14.0. The highest BCUT2D eigenvalue weighted by molar-refractivity contribution is 5.77. The number of nitrogens with zero attached hydrogens (tertiary/aromatic N) is 1. The summed E-state index contributed by atoms with van der Waals surface area (Å²) < 4.78 is 11.2. The fraction of sp³-hybridized carbons (Fsp3) is 0.759. The summed E-state index contributed by atoms with van der Waals surface area (Å²) in [6.07, 6.45) is 12.6. The monoisotopic (exact) mass is 482 g/mol. The first kappa shape index (κ1) is 23.6. The molecule has 4 saturated carbocycles. The van der Waals surface area contributed by atoms with Gasteiger partial charge in [0.25, 0.3) is 0 Å². The van der Waals surface area contributed by atoms with E-state index in [1.807, 2.05) is 24.3 Å². The van der Waals surface area contributed by atoms with Crippen LogP contribution in [0.1, 0.15) is 70.6 Å². The molecule has 2 heterocycles. The van der Waals surface area contributed by atoms with Crippen LogP contribution < -0.4 is 14.8 Å². The number of aliphatic hydroxyl groups is 1. The van der Waals surface area contributed by atoms with Crippen LogP contribution in [0, 0.1) is 23.7 Å². The van der Waals surface area contributed by atoms with E-state index in [-0.39, 0.29) is 12.1 Å². The molecule has 6 nitrogen and oxygen atoms in total. The van der Waals surface area contributed by atoms with Gasteiger partial charge in [-0.05, 0) is 100 Å². The average molecular weight is 483 g/mol. The number of carbonyl (C=O) groups excluding carboxylic acids is 1. The normalized spacial score (nSPS) is 38.3. The fourth-order valence-corrected chi connectivity index (χ4v) is 8.94. The van der Waals surface area contributed by atoms with Crippen molar-refractivity contribution in [3.63, 3.8) is 0 Å². The van der Waals surface area contributed by atoms with Crippen LogP contribution in [0.5, 0.6) is 11.5 Å². The van der Waals surface area contributed by atoms with Crippen LogP contribution in [0.15, 0.2) is 24.3 Å². The third kappa shape index (κ3) is 4.93. The van der Waals surface area contributed by atoms with Gasteiger partial charge in [-0.1, -0.05) is 12.1 Å². The van der Waals surface area contributed by atoms with Crippen molar-refractivity contribution in [1.82, 2.24) is 10.2 Å². The highest BCUT2D eigenvalue weighted by Gasteiger charge is 2.51. The number of para-hydroxylation sites is 2. The highest BCUT2D eigenvalue weighted by Crippen LogP contribution is 2.55. The van der Waals surface area contributed by atoms with Crippen molar-refractivity contribution in [2.45, 2.75) is 94.4 Å². The summed E-state index contributed by atoms with van der Waals surface area (Å²) in [6.45, 7) is 0.893. The number of aliphatic hydroxyl groups excluding tert-OH is 1. The van der Waals surface area contributed by atoms with Crippen molar-refractivity contribution in [1.29, 1.82) is 0 Å². The van der Waals surface area contributed by atoms with Crippen molar-refractivity contribution >= 4 is 5.91 Å². The Kier molecular flexibility index (Phi) is 6.46. The molecule has 0 spiro atoms. The Morgan fingerprint density at radius 3 is 2.23 bits per heavy atom. The van der Waals surface area contributed by atoms with Gasteiger partial charge in [-0.25, -0.2) is 0 Å². The van der Waals surface area contributed by atoms with E-state index < -0.39 is 6.10 Å². The Bertz CT molecular complexity index is 870. The number of piperidine rings is 1. The standard InChI is InChI=1S/C29H42N2O4/c1-34-26-4-2-3-5-27(26)35-18-25(32)17-31-23-6-7-24(31)12-19(11-23)13-28(33)30-29-14-20-8-21(15-29)10-22(9-20)16-29/h2-5,19-25,32H,6-18H2,1H3,(H,30,33). The molecule has 3 unspecified atom stereocenters. The Morgan fingerprint density at radius 2 is 1.63 bits per heavy atom. The van der Waals surface area contributed by atoms with Crippen molar-refractivity contribution in [3.05, 3.63) is 24.3 Å². The van der Waals surface area contributed by atoms with Gasteiger partial charge >= 0.3 is 0 Å². The number of hydrogen-bond donors (Lipinski definition) is 2. The number of fused-ring (bicyclic) bond motifs is 2. The summed E-state index contributed by atoms with van der Waals surface area (Å²) in [5, 5.41) is 14.3. The molecule has 192 valence electrons. The topological polar surface area (TPSA) is 71.0 Å². The molecule has 6 aliphatic rings. The molecule has 3 atom stereocenters. The van der Waals surface area contributed by atoms with Crippen molar-refractivity contribution in [2.24, 2.45) is 23.7 Å². The highest BCUT2D eigenvalue weighted by atomic mass is 16.5. The lowest BCUT2D eigenvalue weighted by Gasteiger charge is -2.57. The maximum atomic E-state index is 13.2. The maximum Gasteiger partial charge on any atom is 0.220 e. The summed E-state index contributed by atoms with van der Waals surface area (Å²) >= 11 is 0. The number of nitrogens with one attached hydrogen (secondary N) is 1. The minimum atomic E-state index is -0.543. The molecule has 6 fully saturated rings. The molecule has 1 aromatic rings. The van der Waals surface area contributed by atoms with Crippen molar-refractivity contribution < 1.29 is 19.4 Å². The lowest BCUT2D eigenvalue weighted by Crippen LogP contribution is -2.60.